The van der Waals surface area contributed by atoms with Gasteiger partial charge in [0.2, 0.25) is 0 Å². The summed E-state index contributed by atoms with van der Waals surface area (Å²) < 4.78 is 28.1. The van der Waals surface area contributed by atoms with Crippen molar-refractivity contribution in [2.24, 2.45) is 28.6 Å². The number of cyclic esters (lactones) is 1. The molecule has 268 valence electrons. The maximum absolute atomic E-state index is 13.0. The molecule has 5 fully saturated rings. The van der Waals surface area contributed by atoms with Gasteiger partial charge < -0.3 is 64.2 Å². The number of hydrogen-bond acceptors (Lipinski definition) is 14. The van der Waals surface area contributed by atoms with Gasteiger partial charge in [-0.15, -0.1) is 0 Å². The Balaban J connectivity index is 1.01. The van der Waals surface area contributed by atoms with Crippen LogP contribution in [0.15, 0.2) is 23.3 Å². The highest BCUT2D eigenvalue weighted by molar-refractivity contribution is 5.85. The number of carbonyl (C=O) groups is 2. The van der Waals surface area contributed by atoms with Crippen LogP contribution in [0.5, 0.6) is 0 Å². The van der Waals surface area contributed by atoms with Gasteiger partial charge in [-0.05, 0) is 74.7 Å². The fraction of sp³-hybridized carbons (Fsp3) is 0.824. The Morgan fingerprint density at radius 3 is 2.40 bits per heavy atom. The molecule has 7 aliphatic rings. The molecule has 2 saturated heterocycles. The number of hydrogen-bond donors (Lipinski definition) is 7. The van der Waals surface area contributed by atoms with Gasteiger partial charge in [-0.1, -0.05) is 18.6 Å². The number of allylic oxidation sites excluding steroid dienone is 1. The molecule has 7 N–H and O–H groups in total. The lowest BCUT2D eigenvalue weighted by Gasteiger charge is -2.61. The highest BCUT2D eigenvalue weighted by Crippen LogP contribution is 2.69. The van der Waals surface area contributed by atoms with Crippen LogP contribution < -0.4 is 0 Å². The topological polar surface area (TPSA) is 222 Å². The predicted octanol–water partition coefficient (Wildman–Crippen LogP) is -1.01. The second kappa shape index (κ2) is 12.7. The number of ether oxygens (including phenoxy) is 5. The lowest BCUT2D eigenvalue weighted by molar-refractivity contribution is -0.345. The van der Waals surface area contributed by atoms with E-state index in [1.54, 1.807) is 6.08 Å². The average molecular weight is 681 g/mol. The summed E-state index contributed by atoms with van der Waals surface area (Å²) in [5.41, 5.74) is -0.200. The fourth-order valence-corrected chi connectivity index (χ4v) is 10.4. The molecule has 48 heavy (non-hydrogen) atoms. The lowest BCUT2D eigenvalue weighted by Crippen LogP contribution is -2.62. The van der Waals surface area contributed by atoms with Gasteiger partial charge >= 0.3 is 5.97 Å². The second-order valence-corrected chi connectivity index (χ2v) is 15.2. The minimum atomic E-state index is -1.68. The Morgan fingerprint density at radius 2 is 1.69 bits per heavy atom. The van der Waals surface area contributed by atoms with Crippen LogP contribution in [-0.4, -0.2) is 135 Å². The van der Waals surface area contributed by atoms with Crippen molar-refractivity contribution >= 4 is 12.3 Å². The van der Waals surface area contributed by atoms with E-state index in [9.17, 15) is 45.3 Å². The summed E-state index contributed by atoms with van der Waals surface area (Å²) >= 11 is 0. The van der Waals surface area contributed by atoms with Crippen LogP contribution >= 0.6 is 0 Å². The Hall–Kier alpha value is -1.82. The third kappa shape index (κ3) is 5.26. The van der Waals surface area contributed by atoms with Crippen molar-refractivity contribution in [3.8, 4) is 0 Å². The Bertz CT molecular complexity index is 1320. The molecule has 0 radical (unpaired) electrons. The first-order valence-electron chi connectivity index (χ1n) is 17.2. The molecular weight excluding hydrogens is 632 g/mol. The maximum Gasteiger partial charge on any atom is 0.331 e. The number of aliphatic hydroxyl groups excluding tert-OH is 6. The molecule has 4 aliphatic carbocycles. The number of aliphatic hydroxyl groups is 7. The quantitative estimate of drug-likeness (QED) is 0.0974. The molecule has 0 aromatic rings. The molecule has 3 aliphatic heterocycles. The maximum atomic E-state index is 13.0. The van der Waals surface area contributed by atoms with Gasteiger partial charge in [0.25, 0.3) is 0 Å². The lowest BCUT2D eigenvalue weighted by atomic mass is 9.45. The van der Waals surface area contributed by atoms with Crippen LogP contribution in [0.25, 0.3) is 0 Å². The van der Waals surface area contributed by atoms with Crippen molar-refractivity contribution in [1.29, 1.82) is 0 Å². The van der Waals surface area contributed by atoms with E-state index in [1.807, 2.05) is 6.08 Å². The summed E-state index contributed by atoms with van der Waals surface area (Å²) in [5, 5.41) is 74.0. The molecule has 0 amide bonds. The first-order valence-corrected chi connectivity index (χ1v) is 17.2. The van der Waals surface area contributed by atoms with E-state index in [2.05, 4.69) is 6.92 Å². The zero-order valence-electron chi connectivity index (χ0n) is 27.0. The first kappa shape index (κ1) is 34.6. The molecule has 14 heteroatoms. The smallest absolute Gasteiger partial charge is 0.331 e. The van der Waals surface area contributed by atoms with E-state index in [0.29, 0.717) is 32.1 Å². The minimum Gasteiger partial charge on any atom is -0.458 e. The third-order valence-electron chi connectivity index (χ3n) is 13.1. The van der Waals surface area contributed by atoms with E-state index in [4.69, 9.17) is 23.7 Å². The molecule has 16 atom stereocenters. The van der Waals surface area contributed by atoms with Crippen LogP contribution in [0.1, 0.15) is 58.3 Å². The molecular formula is C34H48O14. The highest BCUT2D eigenvalue weighted by Gasteiger charge is 2.68. The van der Waals surface area contributed by atoms with Crippen LogP contribution in [0.4, 0.5) is 0 Å². The number of aldehydes is 1. The van der Waals surface area contributed by atoms with Crippen LogP contribution in [0.3, 0.4) is 0 Å². The molecule has 3 saturated carbocycles. The van der Waals surface area contributed by atoms with E-state index < -0.39 is 84.4 Å². The Labute approximate surface area is 278 Å². The molecule has 0 aromatic heterocycles. The van der Waals surface area contributed by atoms with Gasteiger partial charge in [0.15, 0.2) is 12.6 Å². The van der Waals surface area contributed by atoms with Gasteiger partial charge in [0, 0.05) is 11.5 Å². The summed E-state index contributed by atoms with van der Waals surface area (Å²) in [6, 6.07) is 0. The minimum absolute atomic E-state index is 0.0399. The van der Waals surface area contributed by atoms with Crippen LogP contribution in [0, 0.1) is 28.6 Å². The van der Waals surface area contributed by atoms with Crippen molar-refractivity contribution in [1.82, 2.24) is 0 Å². The first-order chi connectivity index (χ1) is 22.9. The molecule has 0 aromatic carbocycles. The second-order valence-electron chi connectivity index (χ2n) is 15.2. The van der Waals surface area contributed by atoms with Crippen molar-refractivity contribution < 1.29 is 69.0 Å². The SMILES string of the molecule is C[C@]12CC[C@H]3[C@@H](CCC4=C[C@@H](OC5OC[C@H](OC6O[C@H](CO)[C@@H](O)[C@H](O)[C@H]6O)[C@H](O)[C@H]5O)CC[C@@]43C=O)[C@@]1(O)CC[C@@H]2C1=CC(=O)OC1. The third-order valence-corrected chi connectivity index (χ3v) is 13.1. The van der Waals surface area contributed by atoms with Gasteiger partial charge in [0.1, 0.15) is 55.6 Å². The highest BCUT2D eigenvalue weighted by atomic mass is 16.7. The van der Waals surface area contributed by atoms with E-state index >= 15 is 0 Å². The molecule has 0 bridgehead atoms. The number of carbonyl (C=O) groups excluding carboxylic acids is 2. The zero-order valence-corrected chi connectivity index (χ0v) is 27.0. The monoisotopic (exact) mass is 680 g/mol. The normalized spacial score (nSPS) is 52.0. The molecule has 7 rings (SSSR count). The van der Waals surface area contributed by atoms with Crippen LogP contribution in [-0.2, 0) is 33.3 Å². The molecule has 2 unspecified atom stereocenters. The summed E-state index contributed by atoms with van der Waals surface area (Å²) in [6.07, 6.45) is -3.81. The predicted molar refractivity (Wildman–Crippen MR) is 161 cm³/mol. The largest absolute Gasteiger partial charge is 0.458 e. The van der Waals surface area contributed by atoms with Crippen molar-refractivity contribution in [3.05, 3.63) is 23.3 Å². The van der Waals surface area contributed by atoms with E-state index in [-0.39, 0.29) is 36.9 Å². The van der Waals surface area contributed by atoms with Crippen molar-refractivity contribution in [2.45, 2.75) is 125 Å². The molecule has 14 nitrogen and oxygen atoms in total. The Kier molecular flexibility index (Phi) is 9.19. The summed E-state index contributed by atoms with van der Waals surface area (Å²) in [5.74, 6) is -0.380. The standard InChI is InChI=1S/C34H48O14/c1-32-7-5-20-21(34(32,43)9-6-19(32)16-10-24(37)44-13-16)3-2-17-11-18(4-8-33(17,20)15-36)46-30-28(41)26(39)23(14-45-30)48-31-29(42)27(40)25(38)22(12-35)47-31/h10-11,15,18-23,25-31,35,38-43H,2-9,12-14H2,1H3/t18-,19+,20-,21+,22+,23-,25+,26-,27-,28+,29+,30?,31?,32+,33+,34-/m0/s1. The van der Waals surface area contributed by atoms with Crippen molar-refractivity contribution in [3.63, 3.8) is 0 Å². The number of esters is 1. The van der Waals surface area contributed by atoms with Gasteiger partial charge in [-0.25, -0.2) is 4.79 Å². The number of fused-ring (bicyclic) bond motifs is 5. The van der Waals surface area contributed by atoms with Crippen molar-refractivity contribution in [2.75, 3.05) is 19.8 Å². The fourth-order valence-electron chi connectivity index (χ4n) is 10.4. The molecule has 3 heterocycles. The molecule has 0 spiro atoms. The summed E-state index contributed by atoms with van der Waals surface area (Å²) in [6.45, 7) is 1.52. The van der Waals surface area contributed by atoms with Gasteiger partial charge in [0.05, 0.1) is 30.3 Å². The zero-order chi connectivity index (χ0) is 34.2. The van der Waals surface area contributed by atoms with Crippen LogP contribution in [0.2, 0.25) is 0 Å². The van der Waals surface area contributed by atoms with Gasteiger partial charge in [-0.3, -0.25) is 0 Å². The average Bonchev–Trinajstić information content (AvgIpc) is 3.63. The van der Waals surface area contributed by atoms with E-state index in [0.717, 1.165) is 36.7 Å². The van der Waals surface area contributed by atoms with E-state index in [1.165, 1.54) is 0 Å². The summed E-state index contributed by atoms with van der Waals surface area (Å²) in [4.78, 5) is 24.9. The van der Waals surface area contributed by atoms with Gasteiger partial charge in [-0.2, -0.15) is 0 Å². The Morgan fingerprint density at radius 1 is 0.917 bits per heavy atom. The summed E-state index contributed by atoms with van der Waals surface area (Å²) in [7, 11) is 0. The number of rotatable bonds is 7.